The molecule has 4 rings (SSSR count). The molecular formula is C27H29F3N6O8S. The summed E-state index contributed by atoms with van der Waals surface area (Å²) in [6.07, 6.45) is -7.29. The highest BCUT2D eigenvalue weighted by Crippen LogP contribution is 2.33. The Morgan fingerprint density at radius 2 is 1.82 bits per heavy atom. The fourth-order valence-corrected chi connectivity index (χ4v) is 5.22. The molecule has 14 nitrogen and oxygen atoms in total. The van der Waals surface area contributed by atoms with E-state index in [-0.39, 0.29) is 34.3 Å². The number of sulfonamides is 1. The average molecular weight is 655 g/mol. The predicted octanol–water partition coefficient (Wildman–Crippen LogP) is 4.46. The molecule has 242 valence electrons. The Morgan fingerprint density at radius 1 is 1.16 bits per heavy atom. The third-order valence-corrected chi connectivity index (χ3v) is 7.75. The quantitative estimate of drug-likeness (QED) is 0.114. The summed E-state index contributed by atoms with van der Waals surface area (Å²) in [6, 6.07) is 12.4. The van der Waals surface area contributed by atoms with E-state index in [0.29, 0.717) is 18.4 Å². The Bertz CT molecular complexity index is 1660. The second kappa shape index (κ2) is 13.4. The van der Waals surface area contributed by atoms with E-state index in [1.165, 1.54) is 19.1 Å². The third kappa shape index (κ3) is 8.62. The number of halogens is 3. The Morgan fingerprint density at radius 3 is 2.44 bits per heavy atom. The molecule has 1 saturated heterocycles. The zero-order valence-electron chi connectivity index (χ0n) is 24.2. The van der Waals surface area contributed by atoms with E-state index in [2.05, 4.69) is 10.4 Å². The van der Waals surface area contributed by atoms with Gasteiger partial charge in [-0.25, -0.2) is 22.6 Å². The van der Waals surface area contributed by atoms with Gasteiger partial charge in [-0.3, -0.25) is 9.63 Å². The molecule has 0 aliphatic carbocycles. The van der Waals surface area contributed by atoms with Gasteiger partial charge in [-0.15, -0.1) is 5.01 Å². The van der Waals surface area contributed by atoms with Gasteiger partial charge in [0.1, 0.15) is 12.6 Å². The number of nitrogens with zero attached hydrogens (tertiary/aromatic N) is 5. The standard InChI is InChI=1S/C27H29F3N6O8S/c1-17-6-8-20(9-7-17)24-15-25(27(28,29)30)31-35(24)21-10-12-23(13-11-21)45(40,41)32-26(38)43-22-5-4-14-34(16-22)36(39)33-44-19(3)42-18(2)37/h6-13,15,19,22H,4-5,14,16H2,1-3H3,(H,32,38). The molecule has 1 fully saturated rings. The van der Waals surface area contributed by atoms with Gasteiger partial charge in [0.25, 0.3) is 16.3 Å². The van der Waals surface area contributed by atoms with Crippen LogP contribution in [-0.2, 0) is 35.3 Å². The lowest BCUT2D eigenvalue weighted by Gasteiger charge is -2.28. The maximum Gasteiger partial charge on any atom is 0.435 e. The SMILES string of the molecule is CC(=O)OC(C)ON=[N+]([O-])N1CCCC(OC(=O)NS(=O)(=O)c2ccc(-n3nc(C(F)(F)F)cc3-c3ccc(C)cc3)cc2)C1. The van der Waals surface area contributed by atoms with Gasteiger partial charge in [0.15, 0.2) is 5.69 Å². The van der Waals surface area contributed by atoms with Crippen molar-refractivity contribution >= 4 is 22.1 Å². The number of carbonyl (C=O) groups is 2. The van der Waals surface area contributed by atoms with Crippen LogP contribution in [0, 0.1) is 12.1 Å². The number of rotatable bonds is 9. The number of aryl methyl sites for hydroxylation is 1. The molecule has 18 heteroatoms. The number of piperidine rings is 1. The predicted molar refractivity (Wildman–Crippen MR) is 149 cm³/mol. The Balaban J connectivity index is 1.43. The van der Waals surface area contributed by atoms with Crippen molar-refractivity contribution in [3.63, 3.8) is 0 Å². The van der Waals surface area contributed by atoms with Crippen LogP contribution in [0.4, 0.5) is 18.0 Å². The average Bonchev–Trinajstić information content (AvgIpc) is 3.42. The number of hydrogen-bond donors (Lipinski definition) is 1. The van der Waals surface area contributed by atoms with Crippen molar-refractivity contribution in [2.24, 2.45) is 5.28 Å². The second-order valence-electron chi connectivity index (χ2n) is 9.99. The van der Waals surface area contributed by atoms with Crippen LogP contribution >= 0.6 is 0 Å². The number of ether oxygens (including phenoxy) is 2. The number of aromatic nitrogens is 2. The molecular weight excluding hydrogens is 625 g/mol. The molecule has 3 aromatic rings. The van der Waals surface area contributed by atoms with Gasteiger partial charge in [-0.2, -0.15) is 18.3 Å². The summed E-state index contributed by atoms with van der Waals surface area (Å²) in [4.78, 5) is 27.9. The summed E-state index contributed by atoms with van der Waals surface area (Å²) in [7, 11) is -4.45. The zero-order chi connectivity index (χ0) is 32.9. The molecule has 1 aliphatic rings. The molecule has 2 atom stereocenters. The van der Waals surface area contributed by atoms with Crippen LogP contribution in [0.5, 0.6) is 0 Å². The minimum atomic E-state index is -4.72. The summed E-state index contributed by atoms with van der Waals surface area (Å²) < 4.78 is 78.9. The molecule has 45 heavy (non-hydrogen) atoms. The van der Waals surface area contributed by atoms with E-state index >= 15 is 0 Å². The highest BCUT2D eigenvalue weighted by atomic mass is 32.2. The number of nitrogens with one attached hydrogen (secondary N) is 1. The van der Waals surface area contributed by atoms with Crippen LogP contribution in [0.1, 0.15) is 37.9 Å². The van der Waals surface area contributed by atoms with Gasteiger partial charge in [-0.1, -0.05) is 29.8 Å². The van der Waals surface area contributed by atoms with Gasteiger partial charge in [0, 0.05) is 19.4 Å². The number of carbonyl (C=O) groups excluding carboxylic acids is 2. The summed E-state index contributed by atoms with van der Waals surface area (Å²) in [6.45, 7) is 4.44. The molecule has 1 amide bonds. The lowest BCUT2D eigenvalue weighted by Crippen LogP contribution is -2.45. The monoisotopic (exact) mass is 654 g/mol. The van der Waals surface area contributed by atoms with Crippen molar-refractivity contribution in [1.29, 1.82) is 0 Å². The lowest BCUT2D eigenvalue weighted by molar-refractivity contribution is -0.716. The van der Waals surface area contributed by atoms with Gasteiger partial charge in [0.05, 0.1) is 27.8 Å². The van der Waals surface area contributed by atoms with Crippen LogP contribution in [0.2, 0.25) is 0 Å². The van der Waals surface area contributed by atoms with Crippen molar-refractivity contribution < 1.29 is 50.5 Å². The molecule has 1 N–H and O–H groups in total. The fraction of sp³-hybridized carbons (Fsp3) is 0.370. The number of alkyl halides is 3. The minimum absolute atomic E-state index is 0.104. The first-order valence-corrected chi connectivity index (χ1v) is 14.9. The molecule has 0 saturated carbocycles. The second-order valence-corrected chi connectivity index (χ2v) is 11.7. The van der Waals surface area contributed by atoms with E-state index in [1.54, 1.807) is 29.0 Å². The van der Waals surface area contributed by atoms with Crippen molar-refractivity contribution in [2.75, 3.05) is 13.1 Å². The van der Waals surface area contributed by atoms with Crippen molar-refractivity contribution in [3.05, 3.63) is 71.1 Å². The fourth-order valence-electron chi connectivity index (χ4n) is 4.34. The highest BCUT2D eigenvalue weighted by Gasteiger charge is 2.35. The topological polar surface area (TPSA) is 167 Å². The number of amides is 1. The van der Waals surface area contributed by atoms with Crippen LogP contribution in [0.25, 0.3) is 16.9 Å². The van der Waals surface area contributed by atoms with E-state index in [4.69, 9.17) is 14.3 Å². The normalized spacial score (nSPS) is 16.5. The molecule has 2 aromatic carbocycles. The molecule has 0 radical (unpaired) electrons. The van der Waals surface area contributed by atoms with Gasteiger partial charge < -0.3 is 14.7 Å². The lowest BCUT2D eigenvalue weighted by atomic mass is 10.1. The van der Waals surface area contributed by atoms with Gasteiger partial charge in [-0.05, 0) is 50.1 Å². The zero-order valence-corrected chi connectivity index (χ0v) is 25.0. The summed E-state index contributed by atoms with van der Waals surface area (Å²) in [5.74, 6) is -0.636. The number of benzene rings is 2. The number of esters is 1. The van der Waals surface area contributed by atoms with Crippen LogP contribution < -0.4 is 4.72 Å². The van der Waals surface area contributed by atoms with Crippen molar-refractivity contribution in [3.8, 4) is 16.9 Å². The van der Waals surface area contributed by atoms with Crippen LogP contribution in [0.15, 0.2) is 64.8 Å². The van der Waals surface area contributed by atoms with E-state index in [1.807, 2.05) is 6.92 Å². The molecule has 1 aliphatic heterocycles. The first kappa shape index (κ1) is 33.0. The molecule has 2 unspecified atom stereocenters. The molecule has 0 bridgehead atoms. The molecule has 0 spiro atoms. The maximum atomic E-state index is 13.5. The first-order chi connectivity index (χ1) is 21.1. The highest BCUT2D eigenvalue weighted by molar-refractivity contribution is 7.90. The number of hydrazine groups is 1. The maximum absolute atomic E-state index is 13.5. The summed E-state index contributed by atoms with van der Waals surface area (Å²) in [5, 5.41) is 20.4. The van der Waals surface area contributed by atoms with E-state index < -0.39 is 46.4 Å². The Kier molecular flexibility index (Phi) is 9.84. The molecule has 1 aromatic heterocycles. The van der Waals surface area contributed by atoms with E-state index in [9.17, 15) is 36.4 Å². The van der Waals surface area contributed by atoms with Crippen molar-refractivity contribution in [1.82, 2.24) is 19.5 Å². The third-order valence-electron chi connectivity index (χ3n) is 6.43. The van der Waals surface area contributed by atoms with Crippen LogP contribution in [-0.4, -0.2) is 65.7 Å². The number of hydrogen-bond acceptors (Lipinski definition) is 10. The van der Waals surface area contributed by atoms with Crippen LogP contribution in [0.3, 0.4) is 0 Å². The largest absolute Gasteiger partial charge is 0.569 e. The van der Waals surface area contributed by atoms with E-state index in [0.717, 1.165) is 40.4 Å². The molecule has 2 heterocycles. The Hall–Kier alpha value is -4.87. The Labute approximate surface area is 255 Å². The first-order valence-electron chi connectivity index (χ1n) is 13.5. The summed E-state index contributed by atoms with van der Waals surface area (Å²) in [5.41, 5.74) is 0.518. The minimum Gasteiger partial charge on any atom is -0.569 e. The van der Waals surface area contributed by atoms with Gasteiger partial charge in [0.2, 0.25) is 5.28 Å². The smallest absolute Gasteiger partial charge is 0.435 e. The summed E-state index contributed by atoms with van der Waals surface area (Å²) >= 11 is 0. The van der Waals surface area contributed by atoms with Crippen molar-refractivity contribution in [2.45, 2.75) is 57.1 Å². The van der Waals surface area contributed by atoms with Gasteiger partial charge >= 0.3 is 18.2 Å².